The highest BCUT2D eigenvalue weighted by molar-refractivity contribution is 9.10. The molecular weight excluding hydrogens is 352 g/mol. The predicted molar refractivity (Wildman–Crippen MR) is 88.8 cm³/mol. The fraction of sp³-hybridized carbons (Fsp3) is 0.571. The number of ether oxygens (including phenoxy) is 1. The molecule has 1 unspecified atom stereocenters. The number of halogens is 1. The monoisotopic (exact) mass is 372 g/mol. The first-order chi connectivity index (χ1) is 10.2. The van der Waals surface area contributed by atoms with Crippen LogP contribution in [-0.4, -0.2) is 35.0 Å². The SMILES string of the molecule is CCCNC(c1cnc(C)s1)c1c(Br)cnn1CCOC. The summed E-state index contributed by atoms with van der Waals surface area (Å²) in [4.78, 5) is 5.59. The molecule has 2 aromatic rings. The molecule has 21 heavy (non-hydrogen) atoms. The maximum absolute atomic E-state index is 5.17. The van der Waals surface area contributed by atoms with Gasteiger partial charge >= 0.3 is 0 Å². The topological polar surface area (TPSA) is 52.0 Å². The molecule has 5 nitrogen and oxygen atoms in total. The number of aryl methyl sites for hydroxylation is 1. The Morgan fingerprint density at radius 2 is 2.29 bits per heavy atom. The first-order valence-corrected chi connectivity index (χ1v) is 8.64. The highest BCUT2D eigenvalue weighted by Gasteiger charge is 2.23. The van der Waals surface area contributed by atoms with Crippen LogP contribution < -0.4 is 5.32 Å². The summed E-state index contributed by atoms with van der Waals surface area (Å²) in [5.41, 5.74) is 1.13. The van der Waals surface area contributed by atoms with Crippen molar-refractivity contribution in [2.45, 2.75) is 32.9 Å². The number of hydrogen-bond acceptors (Lipinski definition) is 5. The Bertz CT molecular complexity index is 569. The third-order valence-electron chi connectivity index (χ3n) is 3.14. The van der Waals surface area contributed by atoms with E-state index in [0.29, 0.717) is 6.61 Å². The first kappa shape index (κ1) is 16.6. The molecule has 0 bridgehead atoms. The largest absolute Gasteiger partial charge is 0.383 e. The summed E-state index contributed by atoms with van der Waals surface area (Å²) in [5, 5.41) is 9.12. The second-order valence-corrected chi connectivity index (χ2v) is 6.88. The second-order valence-electron chi connectivity index (χ2n) is 4.76. The average Bonchev–Trinajstić information content (AvgIpc) is 3.05. The highest BCUT2D eigenvalue weighted by Crippen LogP contribution is 2.31. The zero-order chi connectivity index (χ0) is 15.2. The summed E-state index contributed by atoms with van der Waals surface area (Å²) in [6.07, 6.45) is 4.88. The zero-order valence-corrected chi connectivity index (χ0v) is 15.0. The molecule has 0 aliphatic heterocycles. The van der Waals surface area contributed by atoms with Crippen LogP contribution in [0, 0.1) is 6.92 Å². The van der Waals surface area contributed by atoms with E-state index >= 15 is 0 Å². The number of nitrogens with one attached hydrogen (secondary N) is 1. The maximum atomic E-state index is 5.17. The summed E-state index contributed by atoms with van der Waals surface area (Å²) in [6.45, 7) is 6.52. The summed E-state index contributed by atoms with van der Waals surface area (Å²) in [6, 6.07) is 0.102. The van der Waals surface area contributed by atoms with E-state index in [1.807, 2.05) is 24.0 Å². The van der Waals surface area contributed by atoms with E-state index in [9.17, 15) is 0 Å². The molecule has 0 saturated heterocycles. The lowest BCUT2D eigenvalue weighted by atomic mass is 10.1. The van der Waals surface area contributed by atoms with Crippen LogP contribution in [0.15, 0.2) is 16.9 Å². The van der Waals surface area contributed by atoms with Crippen LogP contribution >= 0.6 is 27.3 Å². The predicted octanol–water partition coefficient (Wildman–Crippen LogP) is 3.15. The summed E-state index contributed by atoms with van der Waals surface area (Å²) < 4.78 is 8.18. The molecule has 2 rings (SSSR count). The standard InChI is InChI=1S/C14H21BrN4OS/c1-4-5-16-13(12-9-17-10(2)21-12)14-11(15)8-18-19(14)6-7-20-3/h8-9,13,16H,4-7H2,1-3H3. The summed E-state index contributed by atoms with van der Waals surface area (Å²) in [7, 11) is 1.71. The second kappa shape index (κ2) is 8.03. The molecule has 116 valence electrons. The molecule has 1 atom stereocenters. The van der Waals surface area contributed by atoms with Crippen LogP contribution in [0.5, 0.6) is 0 Å². The number of aromatic nitrogens is 3. The van der Waals surface area contributed by atoms with Crippen molar-refractivity contribution >= 4 is 27.3 Å². The third kappa shape index (κ3) is 4.12. The fourth-order valence-corrected chi connectivity index (χ4v) is 3.54. The molecule has 1 N–H and O–H groups in total. The van der Waals surface area contributed by atoms with E-state index in [-0.39, 0.29) is 6.04 Å². The van der Waals surface area contributed by atoms with Gasteiger partial charge in [-0.1, -0.05) is 6.92 Å². The van der Waals surface area contributed by atoms with Gasteiger partial charge in [0.05, 0.1) is 40.6 Å². The number of nitrogens with zero attached hydrogens (tertiary/aromatic N) is 3. The molecule has 2 heterocycles. The molecular formula is C14H21BrN4OS. The summed E-state index contributed by atoms with van der Waals surface area (Å²) >= 11 is 5.34. The lowest BCUT2D eigenvalue weighted by Crippen LogP contribution is -2.26. The molecule has 0 spiro atoms. The van der Waals surface area contributed by atoms with Crippen molar-refractivity contribution in [3.8, 4) is 0 Å². The smallest absolute Gasteiger partial charge is 0.0897 e. The lowest BCUT2D eigenvalue weighted by Gasteiger charge is -2.19. The van der Waals surface area contributed by atoms with E-state index in [4.69, 9.17) is 4.74 Å². The van der Waals surface area contributed by atoms with E-state index < -0.39 is 0 Å². The van der Waals surface area contributed by atoms with Gasteiger partial charge in [-0.05, 0) is 35.8 Å². The minimum atomic E-state index is 0.102. The van der Waals surface area contributed by atoms with Crippen molar-refractivity contribution in [3.05, 3.63) is 32.4 Å². The fourth-order valence-electron chi connectivity index (χ4n) is 2.15. The van der Waals surface area contributed by atoms with E-state index in [2.05, 4.69) is 38.3 Å². The molecule has 0 aliphatic carbocycles. The van der Waals surface area contributed by atoms with Gasteiger partial charge in [-0.15, -0.1) is 11.3 Å². The number of methoxy groups -OCH3 is 1. The van der Waals surface area contributed by atoms with Gasteiger partial charge < -0.3 is 10.1 Å². The van der Waals surface area contributed by atoms with Gasteiger partial charge in [-0.25, -0.2) is 4.98 Å². The lowest BCUT2D eigenvalue weighted by molar-refractivity contribution is 0.182. The van der Waals surface area contributed by atoms with Crippen LogP contribution in [0.3, 0.4) is 0 Å². The third-order valence-corrected chi connectivity index (χ3v) is 4.72. The zero-order valence-electron chi connectivity index (χ0n) is 12.6. The minimum absolute atomic E-state index is 0.102. The maximum Gasteiger partial charge on any atom is 0.0897 e. The van der Waals surface area contributed by atoms with Crippen molar-refractivity contribution in [2.24, 2.45) is 0 Å². The van der Waals surface area contributed by atoms with Gasteiger partial charge in [-0.2, -0.15) is 5.10 Å². The molecule has 0 aliphatic rings. The summed E-state index contributed by atoms with van der Waals surface area (Å²) in [5.74, 6) is 0. The minimum Gasteiger partial charge on any atom is -0.383 e. The molecule has 0 aromatic carbocycles. The van der Waals surface area contributed by atoms with Crippen LogP contribution in [0.25, 0.3) is 0 Å². The van der Waals surface area contributed by atoms with Crippen LogP contribution in [0.1, 0.15) is 35.0 Å². The Balaban J connectivity index is 2.33. The molecule has 0 saturated carbocycles. The van der Waals surface area contributed by atoms with Crippen molar-refractivity contribution in [1.29, 1.82) is 0 Å². The van der Waals surface area contributed by atoms with E-state index in [1.54, 1.807) is 18.4 Å². The van der Waals surface area contributed by atoms with Crippen molar-refractivity contribution < 1.29 is 4.74 Å². The number of thiazole rings is 1. The van der Waals surface area contributed by atoms with Gasteiger partial charge in [0.1, 0.15) is 0 Å². The Kier molecular flexibility index (Phi) is 6.35. The molecule has 0 radical (unpaired) electrons. The van der Waals surface area contributed by atoms with Crippen LogP contribution in [0.2, 0.25) is 0 Å². The normalized spacial score (nSPS) is 12.8. The van der Waals surface area contributed by atoms with Crippen molar-refractivity contribution in [3.63, 3.8) is 0 Å². The molecule has 0 amide bonds. The van der Waals surface area contributed by atoms with E-state index in [0.717, 1.165) is 34.7 Å². The van der Waals surface area contributed by atoms with Gasteiger partial charge in [-0.3, -0.25) is 4.68 Å². The van der Waals surface area contributed by atoms with Crippen molar-refractivity contribution in [2.75, 3.05) is 20.3 Å². The Morgan fingerprint density at radius 3 is 2.90 bits per heavy atom. The highest BCUT2D eigenvalue weighted by atomic mass is 79.9. The van der Waals surface area contributed by atoms with E-state index in [1.165, 1.54) is 4.88 Å². The Hall–Kier alpha value is -0.760. The molecule has 2 aromatic heterocycles. The van der Waals surface area contributed by atoms with Gasteiger partial charge in [0.25, 0.3) is 0 Å². The van der Waals surface area contributed by atoms with Crippen LogP contribution in [-0.2, 0) is 11.3 Å². The first-order valence-electron chi connectivity index (χ1n) is 7.03. The van der Waals surface area contributed by atoms with Crippen molar-refractivity contribution in [1.82, 2.24) is 20.1 Å². The van der Waals surface area contributed by atoms with Gasteiger partial charge in [0, 0.05) is 18.2 Å². The van der Waals surface area contributed by atoms with Gasteiger partial charge in [0.15, 0.2) is 0 Å². The average molecular weight is 373 g/mol. The van der Waals surface area contributed by atoms with Crippen LogP contribution in [0.4, 0.5) is 0 Å². The van der Waals surface area contributed by atoms with Gasteiger partial charge in [0.2, 0.25) is 0 Å². The number of rotatable bonds is 8. The number of hydrogen-bond donors (Lipinski definition) is 1. The quantitative estimate of drug-likeness (QED) is 0.773. The molecule has 7 heteroatoms. The Labute approximate surface area is 137 Å². The Morgan fingerprint density at radius 1 is 1.48 bits per heavy atom. The molecule has 0 fully saturated rings.